The van der Waals surface area contributed by atoms with Crippen molar-refractivity contribution >= 4 is 23.4 Å². The number of ketones is 1. The molecule has 6 heteroatoms. The van der Waals surface area contributed by atoms with E-state index in [0.29, 0.717) is 10.7 Å². The molecule has 0 atom stereocenters. The summed E-state index contributed by atoms with van der Waals surface area (Å²) in [6.45, 7) is 1.53. The van der Waals surface area contributed by atoms with Gasteiger partial charge in [-0.15, -0.1) is 0 Å². The Balaban J connectivity index is 1.89. The number of hydrogen-bond donors (Lipinski definition) is 0. The minimum atomic E-state index is -0.632. The lowest BCUT2D eigenvalue weighted by Gasteiger charge is -2.05. The maximum absolute atomic E-state index is 11.8. The molecule has 2 rings (SSSR count). The second kappa shape index (κ2) is 6.95. The Morgan fingerprint density at radius 2 is 2.10 bits per heavy atom. The standard InChI is InChI=1S/C15H13ClN2O3/c1-10-6-12(16)14(18-8-10)7-11(19)9-21-15(20)13-4-2-3-5-17-13/h2-6,8H,7,9H2,1H3. The van der Waals surface area contributed by atoms with Crippen LogP contribution in [0.2, 0.25) is 5.02 Å². The number of Topliss-reactive ketones (excluding diaryl/α,β-unsaturated/α-hetero) is 1. The zero-order chi connectivity index (χ0) is 15.2. The first-order chi connectivity index (χ1) is 10.1. The average molecular weight is 305 g/mol. The first-order valence-electron chi connectivity index (χ1n) is 6.27. The van der Waals surface area contributed by atoms with Gasteiger partial charge in [0, 0.05) is 12.4 Å². The summed E-state index contributed by atoms with van der Waals surface area (Å²) in [5, 5.41) is 0.430. The summed E-state index contributed by atoms with van der Waals surface area (Å²) in [6.07, 6.45) is 3.14. The molecule has 0 amide bonds. The molecule has 0 unspecified atom stereocenters. The lowest BCUT2D eigenvalue weighted by atomic mass is 10.2. The number of rotatable bonds is 5. The van der Waals surface area contributed by atoms with Crippen LogP contribution in [0.15, 0.2) is 36.7 Å². The molecule has 0 bridgehead atoms. The number of aryl methyl sites for hydroxylation is 1. The molecule has 108 valence electrons. The van der Waals surface area contributed by atoms with E-state index in [9.17, 15) is 9.59 Å². The van der Waals surface area contributed by atoms with Crippen molar-refractivity contribution < 1.29 is 14.3 Å². The van der Waals surface area contributed by atoms with Crippen LogP contribution < -0.4 is 0 Å². The lowest BCUT2D eigenvalue weighted by Crippen LogP contribution is -2.17. The Morgan fingerprint density at radius 3 is 2.76 bits per heavy atom. The van der Waals surface area contributed by atoms with E-state index in [1.807, 2.05) is 6.92 Å². The number of halogens is 1. The Morgan fingerprint density at radius 1 is 1.29 bits per heavy atom. The van der Waals surface area contributed by atoms with Crippen molar-refractivity contribution in [1.82, 2.24) is 9.97 Å². The molecule has 0 saturated carbocycles. The Hall–Kier alpha value is -2.27. The van der Waals surface area contributed by atoms with Gasteiger partial charge in [-0.1, -0.05) is 17.7 Å². The van der Waals surface area contributed by atoms with Crippen LogP contribution in [0.5, 0.6) is 0 Å². The van der Waals surface area contributed by atoms with Gasteiger partial charge >= 0.3 is 5.97 Å². The average Bonchev–Trinajstić information content (AvgIpc) is 2.48. The van der Waals surface area contributed by atoms with E-state index in [1.165, 1.54) is 12.3 Å². The molecule has 0 fully saturated rings. The number of aromatic nitrogens is 2. The van der Waals surface area contributed by atoms with Crippen LogP contribution in [-0.2, 0) is 16.0 Å². The molecule has 0 aliphatic heterocycles. The molecule has 2 aromatic heterocycles. The van der Waals surface area contributed by atoms with Gasteiger partial charge in [0.1, 0.15) is 5.69 Å². The first-order valence-corrected chi connectivity index (χ1v) is 6.65. The summed E-state index contributed by atoms with van der Waals surface area (Å²) < 4.78 is 4.90. The van der Waals surface area contributed by atoms with Crippen LogP contribution in [0.4, 0.5) is 0 Å². The largest absolute Gasteiger partial charge is 0.453 e. The maximum Gasteiger partial charge on any atom is 0.357 e. The second-order valence-corrected chi connectivity index (χ2v) is 4.85. The Kier molecular flexibility index (Phi) is 5.00. The van der Waals surface area contributed by atoms with E-state index in [-0.39, 0.29) is 24.5 Å². The number of esters is 1. The van der Waals surface area contributed by atoms with Crippen molar-refractivity contribution in [3.63, 3.8) is 0 Å². The zero-order valence-electron chi connectivity index (χ0n) is 11.4. The van der Waals surface area contributed by atoms with E-state index in [1.54, 1.807) is 24.4 Å². The van der Waals surface area contributed by atoms with Crippen molar-refractivity contribution in [2.75, 3.05) is 6.61 Å². The van der Waals surface area contributed by atoms with E-state index < -0.39 is 5.97 Å². The summed E-state index contributed by atoms with van der Waals surface area (Å²) in [5.41, 5.74) is 1.55. The molecule has 0 aliphatic rings. The molecule has 0 saturated heterocycles. The molecular weight excluding hydrogens is 292 g/mol. The fourth-order valence-corrected chi connectivity index (χ4v) is 1.92. The Labute approximate surface area is 126 Å². The van der Waals surface area contributed by atoms with Crippen molar-refractivity contribution in [1.29, 1.82) is 0 Å². The van der Waals surface area contributed by atoms with Gasteiger partial charge in [-0.25, -0.2) is 9.78 Å². The van der Waals surface area contributed by atoms with Gasteiger partial charge in [0.25, 0.3) is 0 Å². The summed E-state index contributed by atoms with van der Waals surface area (Å²) in [4.78, 5) is 31.4. The third-order valence-electron chi connectivity index (χ3n) is 2.66. The monoisotopic (exact) mass is 304 g/mol. The Bertz CT molecular complexity index is 659. The number of carbonyl (C=O) groups is 2. The molecule has 0 radical (unpaired) electrons. The van der Waals surface area contributed by atoms with Crippen molar-refractivity contribution in [3.05, 3.63) is 58.6 Å². The van der Waals surface area contributed by atoms with Crippen LogP contribution in [0, 0.1) is 6.92 Å². The molecule has 0 N–H and O–H groups in total. The third-order valence-corrected chi connectivity index (χ3v) is 2.98. The predicted molar refractivity (Wildman–Crippen MR) is 77.2 cm³/mol. The number of carbonyl (C=O) groups excluding carboxylic acids is 2. The third kappa shape index (κ3) is 4.36. The number of pyridine rings is 2. The lowest BCUT2D eigenvalue weighted by molar-refractivity contribution is -0.121. The van der Waals surface area contributed by atoms with Gasteiger partial charge in [0.2, 0.25) is 0 Å². The van der Waals surface area contributed by atoms with Crippen LogP contribution in [0.1, 0.15) is 21.7 Å². The van der Waals surface area contributed by atoms with E-state index in [2.05, 4.69) is 9.97 Å². The second-order valence-electron chi connectivity index (χ2n) is 4.45. The van der Waals surface area contributed by atoms with E-state index in [0.717, 1.165) is 5.56 Å². The van der Waals surface area contributed by atoms with Gasteiger partial charge in [0.05, 0.1) is 17.1 Å². The van der Waals surface area contributed by atoms with Crippen LogP contribution >= 0.6 is 11.6 Å². The molecule has 0 aliphatic carbocycles. The van der Waals surface area contributed by atoms with Gasteiger partial charge in [-0.05, 0) is 30.7 Å². The highest BCUT2D eigenvalue weighted by Gasteiger charge is 2.13. The topological polar surface area (TPSA) is 69.2 Å². The summed E-state index contributed by atoms with van der Waals surface area (Å²) >= 11 is 6.00. The molecule has 0 spiro atoms. The number of ether oxygens (including phenoxy) is 1. The smallest absolute Gasteiger partial charge is 0.357 e. The normalized spacial score (nSPS) is 10.2. The SMILES string of the molecule is Cc1cnc(CC(=O)COC(=O)c2ccccn2)c(Cl)c1. The molecule has 2 aromatic rings. The predicted octanol–water partition coefficient (Wildman–Crippen LogP) is 2.41. The minimum absolute atomic E-state index is 0.0224. The highest BCUT2D eigenvalue weighted by molar-refractivity contribution is 6.31. The van der Waals surface area contributed by atoms with Gasteiger partial charge in [-0.3, -0.25) is 9.78 Å². The zero-order valence-corrected chi connectivity index (χ0v) is 12.1. The van der Waals surface area contributed by atoms with Gasteiger partial charge in [-0.2, -0.15) is 0 Å². The van der Waals surface area contributed by atoms with Gasteiger partial charge < -0.3 is 4.74 Å². The van der Waals surface area contributed by atoms with Crippen molar-refractivity contribution in [2.45, 2.75) is 13.3 Å². The van der Waals surface area contributed by atoms with Gasteiger partial charge in [0.15, 0.2) is 12.4 Å². The highest BCUT2D eigenvalue weighted by Crippen LogP contribution is 2.15. The fraction of sp³-hybridized carbons (Fsp3) is 0.200. The molecular formula is C15H13ClN2O3. The summed E-state index contributed by atoms with van der Waals surface area (Å²) in [6, 6.07) is 6.61. The van der Waals surface area contributed by atoms with Crippen LogP contribution in [0.3, 0.4) is 0 Å². The van der Waals surface area contributed by atoms with E-state index in [4.69, 9.17) is 16.3 Å². The number of nitrogens with zero attached hydrogens (tertiary/aromatic N) is 2. The molecule has 2 heterocycles. The number of hydrogen-bond acceptors (Lipinski definition) is 5. The summed E-state index contributed by atoms with van der Waals surface area (Å²) in [5.74, 6) is -0.913. The maximum atomic E-state index is 11.8. The molecule has 0 aromatic carbocycles. The first kappa shape index (κ1) is 15.1. The van der Waals surface area contributed by atoms with Crippen LogP contribution in [-0.4, -0.2) is 28.3 Å². The molecule has 21 heavy (non-hydrogen) atoms. The van der Waals surface area contributed by atoms with Crippen molar-refractivity contribution in [3.8, 4) is 0 Å². The quantitative estimate of drug-likeness (QED) is 0.793. The van der Waals surface area contributed by atoms with E-state index >= 15 is 0 Å². The van der Waals surface area contributed by atoms with Crippen molar-refractivity contribution in [2.24, 2.45) is 0 Å². The fourth-order valence-electron chi connectivity index (χ4n) is 1.63. The minimum Gasteiger partial charge on any atom is -0.453 e. The highest BCUT2D eigenvalue weighted by atomic mass is 35.5. The van der Waals surface area contributed by atoms with Crippen LogP contribution in [0.25, 0.3) is 0 Å². The summed E-state index contributed by atoms with van der Waals surface area (Å²) in [7, 11) is 0. The molecule has 5 nitrogen and oxygen atoms in total.